The monoisotopic (exact) mass is 276 g/mol. The Morgan fingerprint density at radius 1 is 1.26 bits per heavy atom. The van der Waals surface area contributed by atoms with E-state index < -0.39 is 0 Å². The van der Waals surface area contributed by atoms with E-state index in [1.165, 1.54) is 37.7 Å². The summed E-state index contributed by atoms with van der Waals surface area (Å²) in [6.07, 6.45) is 6.82. The van der Waals surface area contributed by atoms with Crippen molar-refractivity contribution in [2.45, 2.75) is 51.6 Å². The van der Waals surface area contributed by atoms with E-state index in [0.717, 1.165) is 24.7 Å². The summed E-state index contributed by atoms with van der Waals surface area (Å²) in [7, 11) is 0. The molecule has 1 aromatic rings. The van der Waals surface area contributed by atoms with Crippen molar-refractivity contribution in [1.29, 1.82) is 0 Å². The first kappa shape index (κ1) is 14.5. The van der Waals surface area contributed by atoms with Gasteiger partial charge in [-0.05, 0) is 24.9 Å². The Morgan fingerprint density at radius 2 is 1.95 bits per heavy atom. The molecule has 1 aliphatic rings. The summed E-state index contributed by atoms with van der Waals surface area (Å²) in [5.74, 6) is 0. The van der Waals surface area contributed by atoms with Crippen LogP contribution in [0.5, 0.6) is 0 Å². The maximum atomic E-state index is 5.82. The van der Waals surface area contributed by atoms with Gasteiger partial charge in [0.25, 0.3) is 0 Å². The Balaban J connectivity index is 2.11. The van der Waals surface area contributed by atoms with Crippen LogP contribution in [0.3, 0.4) is 0 Å². The van der Waals surface area contributed by atoms with Gasteiger partial charge in [-0.3, -0.25) is 4.90 Å². The number of thiocarbonyl (C=S) groups is 1. The Hall–Kier alpha value is -0.930. The minimum Gasteiger partial charge on any atom is -0.389 e. The first-order valence-electron chi connectivity index (χ1n) is 7.34. The molecule has 0 unspecified atom stereocenters. The van der Waals surface area contributed by atoms with Crippen molar-refractivity contribution in [3.63, 3.8) is 0 Å². The van der Waals surface area contributed by atoms with Crippen LogP contribution in [0, 0.1) is 0 Å². The molecular formula is C16H24N2S. The van der Waals surface area contributed by atoms with Crippen molar-refractivity contribution >= 4 is 17.2 Å². The third-order valence-corrected chi connectivity index (χ3v) is 4.37. The van der Waals surface area contributed by atoms with Crippen molar-refractivity contribution in [3.8, 4) is 0 Å². The molecule has 1 fully saturated rings. The summed E-state index contributed by atoms with van der Waals surface area (Å²) in [5.41, 5.74) is 8.12. The Labute approximate surface area is 122 Å². The summed E-state index contributed by atoms with van der Waals surface area (Å²) in [6, 6.07) is 9.01. The lowest BCUT2D eigenvalue weighted by Crippen LogP contribution is -2.36. The molecular weight excluding hydrogens is 252 g/mol. The van der Waals surface area contributed by atoms with E-state index in [1.807, 2.05) is 12.1 Å². The lowest BCUT2D eigenvalue weighted by molar-refractivity contribution is 0.156. The van der Waals surface area contributed by atoms with Crippen LogP contribution in [0.4, 0.5) is 0 Å². The van der Waals surface area contributed by atoms with Gasteiger partial charge in [0.05, 0.1) is 0 Å². The quantitative estimate of drug-likeness (QED) is 0.835. The van der Waals surface area contributed by atoms with Crippen molar-refractivity contribution in [2.24, 2.45) is 5.73 Å². The van der Waals surface area contributed by atoms with Crippen molar-refractivity contribution in [3.05, 3.63) is 35.4 Å². The van der Waals surface area contributed by atoms with Crippen LogP contribution in [-0.4, -0.2) is 22.5 Å². The third-order valence-electron chi connectivity index (χ3n) is 4.15. The molecule has 2 N–H and O–H groups in total. The first-order valence-corrected chi connectivity index (χ1v) is 7.75. The fraction of sp³-hybridized carbons (Fsp3) is 0.562. The lowest BCUT2D eigenvalue weighted by Gasteiger charge is -2.34. The molecule has 0 atom stereocenters. The lowest BCUT2D eigenvalue weighted by atomic mass is 9.93. The SMILES string of the molecule is CCN(Cc1ccccc1C(N)=S)C1CCCCC1. The van der Waals surface area contributed by atoms with Crippen LogP contribution >= 0.6 is 12.2 Å². The van der Waals surface area contributed by atoms with E-state index in [1.54, 1.807) is 0 Å². The Morgan fingerprint density at radius 3 is 2.58 bits per heavy atom. The molecule has 104 valence electrons. The van der Waals surface area contributed by atoms with Crippen molar-refractivity contribution < 1.29 is 0 Å². The van der Waals surface area contributed by atoms with Gasteiger partial charge in [0.2, 0.25) is 0 Å². The summed E-state index contributed by atoms with van der Waals surface area (Å²) in [5, 5.41) is 0. The average Bonchev–Trinajstić information content (AvgIpc) is 2.46. The summed E-state index contributed by atoms with van der Waals surface area (Å²) < 4.78 is 0. The minimum atomic E-state index is 0.510. The third kappa shape index (κ3) is 3.77. The highest BCUT2D eigenvalue weighted by atomic mass is 32.1. The molecule has 19 heavy (non-hydrogen) atoms. The van der Waals surface area contributed by atoms with Gasteiger partial charge in [-0.15, -0.1) is 0 Å². The van der Waals surface area contributed by atoms with E-state index in [0.29, 0.717) is 4.99 Å². The molecule has 1 aliphatic carbocycles. The highest BCUT2D eigenvalue weighted by molar-refractivity contribution is 7.80. The molecule has 2 rings (SSSR count). The molecule has 0 aromatic heterocycles. The Bertz CT molecular complexity index is 425. The van der Waals surface area contributed by atoms with Crippen molar-refractivity contribution in [2.75, 3.05) is 6.54 Å². The number of benzene rings is 1. The number of nitrogens with two attached hydrogens (primary N) is 1. The zero-order valence-electron chi connectivity index (χ0n) is 11.8. The first-order chi connectivity index (χ1) is 9.22. The number of nitrogens with zero attached hydrogens (tertiary/aromatic N) is 1. The molecule has 0 radical (unpaired) electrons. The van der Waals surface area contributed by atoms with Gasteiger partial charge >= 0.3 is 0 Å². The Kier molecular flexibility index (Phi) is 5.34. The minimum absolute atomic E-state index is 0.510. The van der Waals surface area contributed by atoms with Gasteiger partial charge < -0.3 is 5.73 Å². The number of hydrogen-bond donors (Lipinski definition) is 1. The second-order valence-electron chi connectivity index (χ2n) is 5.38. The van der Waals surface area contributed by atoms with Crippen LogP contribution < -0.4 is 5.73 Å². The van der Waals surface area contributed by atoms with Crippen LogP contribution in [0.25, 0.3) is 0 Å². The van der Waals surface area contributed by atoms with Gasteiger partial charge in [0.1, 0.15) is 4.99 Å². The highest BCUT2D eigenvalue weighted by Gasteiger charge is 2.20. The standard InChI is InChI=1S/C16H24N2S/c1-2-18(14-9-4-3-5-10-14)12-13-8-6-7-11-15(13)16(17)19/h6-8,11,14H,2-5,9-10,12H2,1H3,(H2,17,19). The molecule has 0 saturated heterocycles. The molecule has 0 spiro atoms. The smallest absolute Gasteiger partial charge is 0.104 e. The maximum absolute atomic E-state index is 5.82. The fourth-order valence-electron chi connectivity index (χ4n) is 3.06. The second-order valence-corrected chi connectivity index (χ2v) is 5.82. The van der Waals surface area contributed by atoms with Gasteiger partial charge in [-0.1, -0.05) is 62.7 Å². The maximum Gasteiger partial charge on any atom is 0.104 e. The summed E-state index contributed by atoms with van der Waals surface area (Å²) >= 11 is 5.15. The molecule has 0 bridgehead atoms. The van der Waals surface area contributed by atoms with Crippen LogP contribution in [-0.2, 0) is 6.54 Å². The molecule has 0 heterocycles. The second kappa shape index (κ2) is 7.01. The highest BCUT2D eigenvalue weighted by Crippen LogP contribution is 2.24. The predicted octanol–water partition coefficient (Wildman–Crippen LogP) is 3.48. The van der Waals surface area contributed by atoms with Gasteiger partial charge in [0.15, 0.2) is 0 Å². The zero-order valence-corrected chi connectivity index (χ0v) is 12.6. The topological polar surface area (TPSA) is 29.3 Å². The van der Waals surface area contributed by atoms with E-state index in [-0.39, 0.29) is 0 Å². The van der Waals surface area contributed by atoms with E-state index in [4.69, 9.17) is 18.0 Å². The van der Waals surface area contributed by atoms with E-state index >= 15 is 0 Å². The number of hydrogen-bond acceptors (Lipinski definition) is 2. The molecule has 1 aromatic carbocycles. The normalized spacial score (nSPS) is 16.7. The van der Waals surface area contributed by atoms with Crippen LogP contribution in [0.15, 0.2) is 24.3 Å². The van der Waals surface area contributed by atoms with Gasteiger partial charge in [-0.25, -0.2) is 0 Å². The molecule has 3 heteroatoms. The van der Waals surface area contributed by atoms with E-state index in [2.05, 4.69) is 24.0 Å². The molecule has 1 saturated carbocycles. The summed E-state index contributed by atoms with van der Waals surface area (Å²) in [6.45, 7) is 4.31. The predicted molar refractivity (Wildman–Crippen MR) is 85.3 cm³/mol. The van der Waals surface area contributed by atoms with Crippen molar-refractivity contribution in [1.82, 2.24) is 4.90 Å². The molecule has 0 amide bonds. The summed E-state index contributed by atoms with van der Waals surface area (Å²) in [4.78, 5) is 3.09. The zero-order chi connectivity index (χ0) is 13.7. The average molecular weight is 276 g/mol. The number of rotatable bonds is 5. The molecule has 0 aliphatic heterocycles. The van der Waals surface area contributed by atoms with Crippen LogP contribution in [0.2, 0.25) is 0 Å². The molecule has 2 nitrogen and oxygen atoms in total. The van der Waals surface area contributed by atoms with Crippen LogP contribution in [0.1, 0.15) is 50.2 Å². The largest absolute Gasteiger partial charge is 0.389 e. The fourth-order valence-corrected chi connectivity index (χ4v) is 3.26. The van der Waals surface area contributed by atoms with E-state index in [9.17, 15) is 0 Å². The van der Waals surface area contributed by atoms with Gasteiger partial charge in [-0.2, -0.15) is 0 Å². The van der Waals surface area contributed by atoms with Gasteiger partial charge in [0, 0.05) is 18.2 Å².